The molecule has 0 aromatic heterocycles. The normalized spacial score (nSPS) is 19.1. The summed E-state index contributed by atoms with van der Waals surface area (Å²) < 4.78 is 30.8. The van der Waals surface area contributed by atoms with Gasteiger partial charge < -0.3 is 9.64 Å². The molecule has 1 saturated heterocycles. The highest BCUT2D eigenvalue weighted by molar-refractivity contribution is 7.88. The third kappa shape index (κ3) is 4.78. The highest BCUT2D eigenvalue weighted by Gasteiger charge is 2.28. The van der Waals surface area contributed by atoms with Crippen LogP contribution in [-0.4, -0.2) is 51.7 Å². The molecule has 2 aromatic carbocycles. The number of fused-ring (bicyclic) bond motifs is 1. The van der Waals surface area contributed by atoms with Gasteiger partial charge in [0.15, 0.2) is 0 Å². The minimum absolute atomic E-state index is 0.0304. The van der Waals surface area contributed by atoms with Crippen LogP contribution in [0.1, 0.15) is 31.2 Å². The van der Waals surface area contributed by atoms with E-state index in [0.29, 0.717) is 13.1 Å². The monoisotopic (exact) mass is 390 g/mol. The first-order valence-electron chi connectivity index (χ1n) is 9.10. The van der Waals surface area contributed by atoms with Crippen LogP contribution in [0.2, 0.25) is 0 Å². The summed E-state index contributed by atoms with van der Waals surface area (Å²) in [5.74, 6) is 0.549. The Hall–Kier alpha value is -2.12. The number of nitrogens with one attached hydrogen (secondary N) is 1. The molecule has 1 aliphatic heterocycles. The van der Waals surface area contributed by atoms with Gasteiger partial charge in [-0.1, -0.05) is 24.3 Å². The van der Waals surface area contributed by atoms with Gasteiger partial charge in [-0.2, -0.15) is 0 Å². The number of sulfonamides is 1. The first kappa shape index (κ1) is 19.6. The van der Waals surface area contributed by atoms with Gasteiger partial charge in [0.2, 0.25) is 15.9 Å². The van der Waals surface area contributed by atoms with Crippen molar-refractivity contribution >= 4 is 26.7 Å². The Morgan fingerprint density at radius 2 is 1.93 bits per heavy atom. The molecule has 1 heterocycles. The Balaban J connectivity index is 1.75. The first-order valence-corrected chi connectivity index (χ1v) is 11.0. The van der Waals surface area contributed by atoms with Crippen molar-refractivity contribution in [2.75, 3.05) is 26.5 Å². The fraction of sp³-hybridized carbons (Fsp3) is 0.450. The minimum Gasteiger partial charge on any atom is -0.497 e. The van der Waals surface area contributed by atoms with Crippen LogP contribution in [0, 0.1) is 0 Å². The van der Waals surface area contributed by atoms with Gasteiger partial charge in [0.25, 0.3) is 0 Å². The summed E-state index contributed by atoms with van der Waals surface area (Å²) in [5, 5.41) is 2.12. The van der Waals surface area contributed by atoms with E-state index < -0.39 is 10.0 Å². The first-order chi connectivity index (χ1) is 12.8. The number of likely N-dealkylation sites (tertiary alicyclic amines) is 1. The second-order valence-electron chi connectivity index (χ2n) is 7.21. The number of benzene rings is 2. The maximum Gasteiger partial charge on any atom is 0.229 e. The average molecular weight is 391 g/mol. The molecule has 0 radical (unpaired) electrons. The molecule has 0 saturated carbocycles. The van der Waals surface area contributed by atoms with E-state index in [0.717, 1.165) is 41.2 Å². The summed E-state index contributed by atoms with van der Waals surface area (Å²) in [6.45, 7) is 2.98. The largest absolute Gasteiger partial charge is 0.497 e. The number of carbonyl (C=O) groups excluding carboxylic acids is 1. The number of carbonyl (C=O) groups is 1. The Bertz CT molecular complexity index is 942. The fourth-order valence-electron chi connectivity index (χ4n) is 3.63. The summed E-state index contributed by atoms with van der Waals surface area (Å²) >= 11 is 0. The van der Waals surface area contributed by atoms with Crippen molar-refractivity contribution < 1.29 is 17.9 Å². The van der Waals surface area contributed by atoms with Crippen molar-refractivity contribution in [2.24, 2.45) is 0 Å². The molecule has 2 aromatic rings. The zero-order chi connectivity index (χ0) is 19.6. The molecular formula is C20H26N2O4S. The summed E-state index contributed by atoms with van der Waals surface area (Å²) in [7, 11) is -1.63. The molecule has 3 rings (SSSR count). The number of rotatable bonds is 5. The van der Waals surface area contributed by atoms with E-state index in [1.165, 1.54) is 0 Å². The number of piperidine rings is 1. The lowest BCUT2D eigenvalue weighted by molar-refractivity contribution is -0.133. The van der Waals surface area contributed by atoms with Crippen LogP contribution in [0.15, 0.2) is 36.4 Å². The van der Waals surface area contributed by atoms with Crippen molar-refractivity contribution in [3.05, 3.63) is 42.0 Å². The molecule has 1 unspecified atom stereocenters. The summed E-state index contributed by atoms with van der Waals surface area (Å²) in [4.78, 5) is 14.7. The SMILES string of the molecule is COc1ccc2cc([C@H](C)C(=O)N3CCCC(NS(C)(=O)=O)C3)ccc2c1. The molecule has 0 spiro atoms. The van der Waals surface area contributed by atoms with Crippen molar-refractivity contribution in [2.45, 2.75) is 31.7 Å². The Labute approximate surface area is 160 Å². The van der Waals surface area contributed by atoms with Crippen LogP contribution in [-0.2, 0) is 14.8 Å². The molecule has 146 valence electrons. The van der Waals surface area contributed by atoms with Crippen molar-refractivity contribution in [1.82, 2.24) is 9.62 Å². The second-order valence-corrected chi connectivity index (χ2v) is 8.99. The van der Waals surface area contributed by atoms with Gasteiger partial charge in [-0.15, -0.1) is 0 Å². The van der Waals surface area contributed by atoms with E-state index in [1.807, 2.05) is 43.3 Å². The fourth-order valence-corrected chi connectivity index (χ4v) is 4.43. The lowest BCUT2D eigenvalue weighted by Gasteiger charge is -2.34. The molecule has 6 nitrogen and oxygen atoms in total. The highest BCUT2D eigenvalue weighted by atomic mass is 32.2. The minimum atomic E-state index is -3.27. The van der Waals surface area contributed by atoms with Gasteiger partial charge in [-0.05, 0) is 48.2 Å². The Morgan fingerprint density at radius 3 is 2.63 bits per heavy atom. The molecule has 1 N–H and O–H groups in total. The van der Waals surface area contributed by atoms with E-state index in [4.69, 9.17) is 4.74 Å². The predicted molar refractivity (Wildman–Crippen MR) is 106 cm³/mol. The number of nitrogens with zero attached hydrogens (tertiary/aromatic N) is 1. The van der Waals surface area contributed by atoms with Crippen LogP contribution >= 0.6 is 0 Å². The number of ether oxygens (including phenoxy) is 1. The van der Waals surface area contributed by atoms with Crippen LogP contribution < -0.4 is 9.46 Å². The Morgan fingerprint density at radius 1 is 1.22 bits per heavy atom. The predicted octanol–water partition coefficient (Wildman–Crippen LogP) is 2.49. The van der Waals surface area contributed by atoms with E-state index >= 15 is 0 Å². The van der Waals surface area contributed by atoms with E-state index in [-0.39, 0.29) is 17.9 Å². The van der Waals surface area contributed by atoms with Crippen molar-refractivity contribution in [1.29, 1.82) is 0 Å². The van der Waals surface area contributed by atoms with Gasteiger partial charge in [0.1, 0.15) is 5.75 Å². The highest BCUT2D eigenvalue weighted by Crippen LogP contribution is 2.27. The maximum absolute atomic E-state index is 13.0. The summed E-state index contributed by atoms with van der Waals surface area (Å²) in [5.41, 5.74) is 0.955. The van der Waals surface area contributed by atoms with Gasteiger partial charge in [0.05, 0.1) is 19.3 Å². The molecule has 1 fully saturated rings. The lowest BCUT2D eigenvalue weighted by Crippen LogP contribution is -2.50. The Kier molecular flexibility index (Phi) is 5.72. The molecule has 2 atom stereocenters. The van der Waals surface area contributed by atoms with Crippen LogP contribution in [0.5, 0.6) is 5.75 Å². The van der Waals surface area contributed by atoms with Crippen LogP contribution in [0.4, 0.5) is 0 Å². The van der Waals surface area contributed by atoms with Gasteiger partial charge >= 0.3 is 0 Å². The van der Waals surface area contributed by atoms with Crippen LogP contribution in [0.3, 0.4) is 0 Å². The van der Waals surface area contributed by atoms with E-state index in [9.17, 15) is 13.2 Å². The van der Waals surface area contributed by atoms with Gasteiger partial charge in [-0.25, -0.2) is 13.1 Å². The van der Waals surface area contributed by atoms with Crippen LogP contribution in [0.25, 0.3) is 10.8 Å². The summed E-state index contributed by atoms with van der Waals surface area (Å²) in [6.07, 6.45) is 2.70. The third-order valence-corrected chi connectivity index (χ3v) is 5.82. The lowest BCUT2D eigenvalue weighted by atomic mass is 9.95. The van der Waals surface area contributed by atoms with E-state index in [1.54, 1.807) is 12.0 Å². The quantitative estimate of drug-likeness (QED) is 0.851. The molecule has 7 heteroatoms. The van der Waals surface area contributed by atoms with Crippen molar-refractivity contribution in [3.8, 4) is 5.75 Å². The number of methoxy groups -OCH3 is 1. The number of amides is 1. The third-order valence-electron chi connectivity index (χ3n) is 5.06. The molecule has 1 aliphatic rings. The number of hydrogen-bond acceptors (Lipinski definition) is 4. The smallest absolute Gasteiger partial charge is 0.229 e. The second kappa shape index (κ2) is 7.86. The average Bonchev–Trinajstić information content (AvgIpc) is 2.64. The van der Waals surface area contributed by atoms with Gasteiger partial charge in [0, 0.05) is 19.1 Å². The zero-order valence-electron chi connectivity index (χ0n) is 15.9. The molecule has 0 aliphatic carbocycles. The van der Waals surface area contributed by atoms with Crippen molar-refractivity contribution in [3.63, 3.8) is 0 Å². The maximum atomic E-state index is 13.0. The topological polar surface area (TPSA) is 75.7 Å². The molecular weight excluding hydrogens is 364 g/mol. The molecule has 1 amide bonds. The molecule has 0 bridgehead atoms. The van der Waals surface area contributed by atoms with Gasteiger partial charge in [-0.3, -0.25) is 4.79 Å². The summed E-state index contributed by atoms with van der Waals surface area (Å²) in [6, 6.07) is 11.7. The standard InChI is InChI=1S/C20H26N2O4S/c1-14(15-6-7-17-12-19(26-2)9-8-16(17)11-15)20(23)22-10-4-5-18(13-22)21-27(3,24)25/h6-9,11-12,14,18,21H,4-5,10,13H2,1-3H3/t14-,18?/m0/s1. The van der Waals surface area contributed by atoms with E-state index in [2.05, 4.69) is 4.72 Å². The zero-order valence-corrected chi connectivity index (χ0v) is 16.8. The number of hydrogen-bond donors (Lipinski definition) is 1. The molecule has 27 heavy (non-hydrogen) atoms.